The zero-order valence-electron chi connectivity index (χ0n) is 15.5. The van der Waals surface area contributed by atoms with Crippen LogP contribution in [0.4, 0.5) is 0 Å². The number of benzene rings is 2. The van der Waals surface area contributed by atoms with Crippen molar-refractivity contribution in [2.75, 3.05) is 14.2 Å². The van der Waals surface area contributed by atoms with Crippen molar-refractivity contribution in [3.05, 3.63) is 52.8 Å². The van der Waals surface area contributed by atoms with Crippen molar-refractivity contribution in [3.63, 3.8) is 0 Å². The summed E-state index contributed by atoms with van der Waals surface area (Å²) in [5, 5.41) is 16.7. The number of nitrogens with zero attached hydrogens (tertiary/aromatic N) is 4. The van der Waals surface area contributed by atoms with Gasteiger partial charge in [-0.3, -0.25) is 0 Å². The van der Waals surface area contributed by atoms with Crippen LogP contribution >= 0.6 is 27.7 Å². The Bertz CT molecular complexity index is 1110. The molecule has 0 radical (unpaired) electrons. The number of ether oxygens (including phenoxy) is 2. The van der Waals surface area contributed by atoms with Crippen molar-refractivity contribution >= 4 is 27.7 Å². The summed E-state index contributed by atoms with van der Waals surface area (Å²) in [6, 6.07) is 13.0. The SMILES string of the molecule is COc1ccc(-c2nnc(SCc3nnc(-c4ccc(Br)cc4)o3)o2)cc1OC. The third-order valence-corrected chi connectivity index (χ3v) is 5.25. The van der Waals surface area contributed by atoms with E-state index in [4.69, 9.17) is 18.3 Å². The third-order valence-electron chi connectivity index (χ3n) is 3.91. The molecule has 4 aromatic rings. The van der Waals surface area contributed by atoms with Gasteiger partial charge in [-0.15, -0.1) is 20.4 Å². The van der Waals surface area contributed by atoms with Crippen molar-refractivity contribution in [2.45, 2.75) is 11.0 Å². The van der Waals surface area contributed by atoms with Gasteiger partial charge >= 0.3 is 0 Å². The van der Waals surface area contributed by atoms with E-state index in [1.807, 2.05) is 30.3 Å². The van der Waals surface area contributed by atoms with Crippen LogP contribution in [0.2, 0.25) is 0 Å². The van der Waals surface area contributed by atoms with E-state index in [1.165, 1.54) is 11.8 Å². The molecule has 29 heavy (non-hydrogen) atoms. The monoisotopic (exact) mass is 474 g/mol. The minimum Gasteiger partial charge on any atom is -0.493 e. The molecular weight excluding hydrogens is 460 g/mol. The van der Waals surface area contributed by atoms with Gasteiger partial charge in [0.2, 0.25) is 17.7 Å². The number of hydrogen-bond acceptors (Lipinski definition) is 9. The lowest BCUT2D eigenvalue weighted by Gasteiger charge is -2.07. The largest absolute Gasteiger partial charge is 0.493 e. The topological polar surface area (TPSA) is 96.3 Å². The summed E-state index contributed by atoms with van der Waals surface area (Å²) < 4.78 is 22.9. The number of hydrogen-bond donors (Lipinski definition) is 0. The summed E-state index contributed by atoms with van der Waals surface area (Å²) in [6.07, 6.45) is 0. The molecule has 2 aromatic carbocycles. The summed E-state index contributed by atoms with van der Waals surface area (Å²) in [6.45, 7) is 0. The van der Waals surface area contributed by atoms with Crippen LogP contribution in [0.15, 0.2) is 61.0 Å². The van der Waals surface area contributed by atoms with E-state index in [1.54, 1.807) is 26.4 Å². The minimum atomic E-state index is 0.384. The number of methoxy groups -OCH3 is 2. The van der Waals surface area contributed by atoms with E-state index in [9.17, 15) is 0 Å². The Balaban J connectivity index is 1.43. The third kappa shape index (κ3) is 4.43. The van der Waals surface area contributed by atoms with Crippen molar-refractivity contribution in [1.29, 1.82) is 0 Å². The fraction of sp³-hybridized carbons (Fsp3) is 0.158. The lowest BCUT2D eigenvalue weighted by molar-refractivity contribution is 0.355. The highest BCUT2D eigenvalue weighted by atomic mass is 79.9. The zero-order chi connectivity index (χ0) is 20.2. The number of thioether (sulfide) groups is 1. The summed E-state index contributed by atoms with van der Waals surface area (Å²) in [5.41, 5.74) is 1.59. The van der Waals surface area contributed by atoms with Crippen LogP contribution in [0.25, 0.3) is 22.9 Å². The maximum Gasteiger partial charge on any atom is 0.277 e. The van der Waals surface area contributed by atoms with E-state index < -0.39 is 0 Å². The predicted molar refractivity (Wildman–Crippen MR) is 110 cm³/mol. The molecule has 0 aliphatic rings. The van der Waals surface area contributed by atoms with E-state index in [2.05, 4.69) is 36.3 Å². The first-order valence-corrected chi connectivity index (χ1v) is 10.2. The van der Waals surface area contributed by atoms with Gasteiger partial charge in [0.1, 0.15) is 0 Å². The standard InChI is InChI=1S/C19H15BrN4O4S/c1-25-14-8-5-12(9-15(14)26-2)18-23-24-19(28-18)29-10-16-21-22-17(27-16)11-3-6-13(20)7-4-11/h3-9H,10H2,1-2H3. The molecule has 2 aromatic heterocycles. The van der Waals surface area contributed by atoms with Gasteiger partial charge in [-0.2, -0.15) is 0 Å². The molecule has 2 heterocycles. The summed E-state index contributed by atoms with van der Waals surface area (Å²) in [5.74, 6) is 2.95. The molecule has 0 atom stereocenters. The molecule has 0 spiro atoms. The van der Waals surface area contributed by atoms with Gasteiger partial charge in [-0.05, 0) is 42.5 Å². The van der Waals surface area contributed by atoms with Gasteiger partial charge in [0.05, 0.1) is 20.0 Å². The van der Waals surface area contributed by atoms with Crippen molar-refractivity contribution in [3.8, 4) is 34.4 Å². The Morgan fingerprint density at radius 2 is 1.52 bits per heavy atom. The second kappa shape index (κ2) is 8.66. The molecule has 8 nitrogen and oxygen atoms in total. The Hall–Kier alpha value is -2.85. The fourth-order valence-corrected chi connectivity index (χ4v) is 3.36. The Morgan fingerprint density at radius 1 is 0.828 bits per heavy atom. The van der Waals surface area contributed by atoms with Crippen molar-refractivity contribution in [1.82, 2.24) is 20.4 Å². The average Bonchev–Trinajstić information content (AvgIpc) is 3.42. The maximum absolute atomic E-state index is 5.72. The van der Waals surface area contributed by atoms with E-state index >= 15 is 0 Å². The van der Waals surface area contributed by atoms with Gasteiger partial charge in [0, 0.05) is 15.6 Å². The molecule has 0 bridgehead atoms. The highest BCUT2D eigenvalue weighted by molar-refractivity contribution is 9.10. The highest BCUT2D eigenvalue weighted by Crippen LogP contribution is 2.33. The van der Waals surface area contributed by atoms with Crippen LogP contribution in [0.1, 0.15) is 5.89 Å². The number of rotatable bonds is 7. The average molecular weight is 475 g/mol. The Kier molecular flexibility index (Phi) is 5.81. The molecule has 148 valence electrons. The fourth-order valence-electron chi connectivity index (χ4n) is 2.50. The second-order valence-corrected chi connectivity index (χ2v) is 7.58. The van der Waals surface area contributed by atoms with Crippen LogP contribution in [0.5, 0.6) is 11.5 Å². The smallest absolute Gasteiger partial charge is 0.277 e. The first-order chi connectivity index (χ1) is 14.2. The van der Waals surface area contributed by atoms with Gasteiger partial charge < -0.3 is 18.3 Å². The summed E-state index contributed by atoms with van der Waals surface area (Å²) in [7, 11) is 3.16. The van der Waals surface area contributed by atoms with Crippen LogP contribution < -0.4 is 9.47 Å². The van der Waals surface area contributed by atoms with E-state index in [-0.39, 0.29) is 0 Å². The van der Waals surface area contributed by atoms with Gasteiger partial charge in [0.15, 0.2) is 11.5 Å². The Morgan fingerprint density at radius 3 is 2.28 bits per heavy atom. The summed E-state index contributed by atoms with van der Waals surface area (Å²) >= 11 is 4.72. The predicted octanol–water partition coefficient (Wildman–Crippen LogP) is 4.86. The van der Waals surface area contributed by atoms with Gasteiger partial charge in [-0.25, -0.2) is 0 Å². The lowest BCUT2D eigenvalue weighted by Crippen LogP contribution is -1.90. The molecule has 0 saturated heterocycles. The molecule has 0 aliphatic heterocycles. The quantitative estimate of drug-likeness (QED) is 0.347. The molecule has 0 N–H and O–H groups in total. The second-order valence-electron chi connectivity index (χ2n) is 5.74. The molecular formula is C19H15BrN4O4S. The molecule has 0 saturated carbocycles. The molecule has 10 heteroatoms. The molecule has 0 aliphatic carbocycles. The van der Waals surface area contributed by atoms with Crippen molar-refractivity contribution in [2.24, 2.45) is 0 Å². The molecule has 4 rings (SSSR count). The van der Waals surface area contributed by atoms with Crippen molar-refractivity contribution < 1.29 is 18.3 Å². The van der Waals surface area contributed by atoms with E-state index in [0.717, 1.165) is 15.6 Å². The number of halogens is 1. The zero-order valence-corrected chi connectivity index (χ0v) is 17.9. The normalized spacial score (nSPS) is 10.9. The van der Waals surface area contributed by atoms with Crippen LogP contribution in [0, 0.1) is 0 Å². The van der Waals surface area contributed by atoms with Gasteiger partial charge in [0.25, 0.3) is 5.22 Å². The highest BCUT2D eigenvalue weighted by Gasteiger charge is 2.14. The van der Waals surface area contributed by atoms with E-state index in [0.29, 0.717) is 40.1 Å². The summed E-state index contributed by atoms with van der Waals surface area (Å²) in [4.78, 5) is 0. The van der Waals surface area contributed by atoms with Crippen LogP contribution in [-0.4, -0.2) is 34.6 Å². The maximum atomic E-state index is 5.72. The molecule has 0 unspecified atom stereocenters. The first-order valence-electron chi connectivity index (χ1n) is 8.43. The minimum absolute atomic E-state index is 0.384. The number of aromatic nitrogens is 4. The molecule has 0 fully saturated rings. The molecule has 0 amide bonds. The van der Waals surface area contributed by atoms with Crippen LogP contribution in [-0.2, 0) is 5.75 Å². The first kappa shape index (κ1) is 19.5. The lowest BCUT2D eigenvalue weighted by atomic mass is 10.2. The Labute approximate surface area is 178 Å². The van der Waals surface area contributed by atoms with Crippen LogP contribution in [0.3, 0.4) is 0 Å². The van der Waals surface area contributed by atoms with Gasteiger partial charge in [-0.1, -0.05) is 27.7 Å².